The van der Waals surface area contributed by atoms with Crippen molar-refractivity contribution in [1.29, 1.82) is 0 Å². The van der Waals surface area contributed by atoms with Crippen LogP contribution in [-0.4, -0.2) is 42.7 Å². The summed E-state index contributed by atoms with van der Waals surface area (Å²) in [5, 5.41) is 10.6. The Morgan fingerprint density at radius 2 is 2.14 bits per heavy atom. The van der Waals surface area contributed by atoms with Crippen LogP contribution in [0.4, 0.5) is 10.8 Å². The molecule has 2 heterocycles. The summed E-state index contributed by atoms with van der Waals surface area (Å²) in [5.41, 5.74) is 7.99. The van der Waals surface area contributed by atoms with E-state index < -0.39 is 0 Å². The molecule has 0 aliphatic carbocycles. The Kier molecular flexibility index (Phi) is 4.82. The number of nitrogens with zero attached hydrogens (tertiary/aromatic N) is 3. The maximum Gasteiger partial charge on any atom is 0.217 e. The van der Waals surface area contributed by atoms with Crippen molar-refractivity contribution in [3.63, 3.8) is 0 Å². The lowest BCUT2D eigenvalue weighted by Crippen LogP contribution is -2.82. The molecular formula is C14H20N5OS2+. The topological polar surface area (TPSA) is 80.9 Å². The number of nitrogens with two attached hydrogens (primary N) is 2. The number of aromatic nitrogens is 2. The highest BCUT2D eigenvalue weighted by Gasteiger charge is 2.30. The van der Waals surface area contributed by atoms with Crippen LogP contribution in [0.25, 0.3) is 0 Å². The number of nitrogen functional groups attached to an aromatic ring is 1. The molecule has 1 saturated heterocycles. The number of hydrogen-bond donors (Lipinski definition) is 2. The van der Waals surface area contributed by atoms with E-state index in [2.05, 4.69) is 44.7 Å². The Morgan fingerprint density at radius 3 is 2.77 bits per heavy atom. The minimum atomic E-state index is 0.0845. The molecule has 1 fully saturated rings. The van der Waals surface area contributed by atoms with E-state index in [0.29, 0.717) is 5.13 Å². The molecule has 0 unspecified atom stereocenters. The molecule has 1 aromatic carbocycles. The van der Waals surface area contributed by atoms with E-state index in [9.17, 15) is 0 Å². The molecule has 118 valence electrons. The second-order valence-electron chi connectivity index (χ2n) is 5.35. The first kappa shape index (κ1) is 15.5. The number of hydrogen-bond acceptors (Lipinski definition) is 7. The second kappa shape index (κ2) is 6.82. The van der Waals surface area contributed by atoms with Crippen molar-refractivity contribution in [2.75, 3.05) is 37.0 Å². The molecule has 4 N–H and O–H groups in total. The van der Waals surface area contributed by atoms with Crippen molar-refractivity contribution in [1.82, 2.24) is 10.2 Å². The van der Waals surface area contributed by atoms with Crippen molar-refractivity contribution >= 4 is 33.9 Å². The molecule has 1 aliphatic heterocycles. The number of benzene rings is 1. The standard InChI is InChI=1S/C14H19N5OS2/c1-19(2)10-5-3-9(4-6-10)12-16-7-11(20-12)8-21-14-18-17-13(15)22-14/h3-6,11-12,16H,7-8H2,1-2H3,(H2,15,17)/p+1/t11-,12+/m0/s1. The van der Waals surface area contributed by atoms with E-state index in [1.165, 1.54) is 22.6 Å². The lowest BCUT2D eigenvalue weighted by Gasteiger charge is -2.14. The maximum atomic E-state index is 6.11. The third-order valence-electron chi connectivity index (χ3n) is 3.50. The molecule has 3 rings (SSSR count). The van der Waals surface area contributed by atoms with E-state index in [-0.39, 0.29) is 12.3 Å². The van der Waals surface area contributed by atoms with Crippen molar-refractivity contribution < 1.29 is 10.1 Å². The zero-order valence-electron chi connectivity index (χ0n) is 12.6. The molecule has 0 amide bonds. The Bertz CT molecular complexity index is 616. The van der Waals surface area contributed by atoms with Gasteiger partial charge in [-0.2, -0.15) is 0 Å². The average molecular weight is 338 g/mol. The Hall–Kier alpha value is -1.35. The molecule has 1 aromatic heterocycles. The van der Waals surface area contributed by atoms with Crippen LogP contribution in [0.3, 0.4) is 0 Å². The highest BCUT2D eigenvalue weighted by molar-refractivity contribution is 8.01. The molecule has 22 heavy (non-hydrogen) atoms. The number of quaternary nitrogens is 1. The van der Waals surface area contributed by atoms with Gasteiger partial charge in [-0.3, -0.25) is 0 Å². The minimum Gasteiger partial charge on any atom is -0.378 e. The summed E-state index contributed by atoms with van der Waals surface area (Å²) in [6, 6.07) is 8.52. The van der Waals surface area contributed by atoms with Gasteiger partial charge in [-0.05, 0) is 24.3 Å². The number of anilines is 2. The first-order valence-corrected chi connectivity index (χ1v) is 8.90. The molecule has 0 saturated carbocycles. The number of ether oxygens (including phenoxy) is 1. The van der Waals surface area contributed by atoms with Crippen LogP contribution < -0.4 is 16.0 Å². The van der Waals surface area contributed by atoms with Gasteiger partial charge in [0.15, 0.2) is 4.34 Å². The monoisotopic (exact) mass is 338 g/mol. The fourth-order valence-electron chi connectivity index (χ4n) is 2.32. The van der Waals surface area contributed by atoms with Crippen molar-refractivity contribution in [2.24, 2.45) is 0 Å². The van der Waals surface area contributed by atoms with E-state index in [0.717, 1.165) is 16.6 Å². The lowest BCUT2D eigenvalue weighted by molar-refractivity contribution is -0.697. The number of thioether (sulfide) groups is 1. The summed E-state index contributed by atoms with van der Waals surface area (Å²) >= 11 is 3.08. The van der Waals surface area contributed by atoms with Gasteiger partial charge in [-0.15, -0.1) is 10.2 Å². The van der Waals surface area contributed by atoms with Gasteiger partial charge in [0.2, 0.25) is 11.4 Å². The second-order valence-corrected chi connectivity index (χ2v) is 7.63. The summed E-state index contributed by atoms with van der Waals surface area (Å²) in [6.07, 6.45) is 0.301. The van der Waals surface area contributed by atoms with E-state index >= 15 is 0 Å². The Morgan fingerprint density at radius 1 is 1.36 bits per heavy atom. The summed E-state index contributed by atoms with van der Waals surface area (Å²) in [4.78, 5) is 2.09. The molecular weight excluding hydrogens is 318 g/mol. The largest absolute Gasteiger partial charge is 0.378 e. The fraction of sp³-hybridized carbons (Fsp3) is 0.429. The van der Waals surface area contributed by atoms with Gasteiger partial charge in [-0.1, -0.05) is 23.1 Å². The van der Waals surface area contributed by atoms with Gasteiger partial charge >= 0.3 is 0 Å². The summed E-state index contributed by atoms with van der Waals surface area (Å²) < 4.78 is 7.01. The molecule has 8 heteroatoms. The van der Waals surface area contributed by atoms with Gasteiger partial charge in [0.1, 0.15) is 12.6 Å². The molecule has 0 spiro atoms. The zero-order valence-corrected chi connectivity index (χ0v) is 14.2. The Balaban J connectivity index is 1.53. The third-order valence-corrected chi connectivity index (χ3v) is 5.52. The van der Waals surface area contributed by atoms with Gasteiger partial charge in [0.25, 0.3) is 0 Å². The molecule has 0 bridgehead atoms. The number of rotatable bonds is 5. The highest BCUT2D eigenvalue weighted by Crippen LogP contribution is 2.26. The van der Waals surface area contributed by atoms with Gasteiger partial charge in [-0.25, -0.2) is 0 Å². The summed E-state index contributed by atoms with van der Waals surface area (Å²) in [6.45, 7) is 0.960. The maximum absolute atomic E-state index is 6.11. The minimum absolute atomic E-state index is 0.0845. The Labute approximate surface area is 138 Å². The summed E-state index contributed by atoms with van der Waals surface area (Å²) in [5.74, 6) is 0.872. The lowest BCUT2D eigenvalue weighted by atomic mass is 10.2. The highest BCUT2D eigenvalue weighted by atomic mass is 32.2. The third kappa shape index (κ3) is 3.70. The predicted octanol–water partition coefficient (Wildman–Crippen LogP) is 0.939. The normalized spacial score (nSPS) is 21.2. The molecule has 1 aliphatic rings. The molecule has 6 nitrogen and oxygen atoms in total. The van der Waals surface area contributed by atoms with Crippen molar-refractivity contribution in [3.8, 4) is 0 Å². The predicted molar refractivity (Wildman–Crippen MR) is 90.2 cm³/mol. The van der Waals surface area contributed by atoms with Crippen LogP contribution >= 0.6 is 23.1 Å². The van der Waals surface area contributed by atoms with Crippen molar-refractivity contribution in [2.45, 2.75) is 16.7 Å². The van der Waals surface area contributed by atoms with E-state index in [1.54, 1.807) is 11.8 Å². The first-order valence-electron chi connectivity index (χ1n) is 7.09. The van der Waals surface area contributed by atoms with Gasteiger partial charge < -0.3 is 20.7 Å². The molecule has 2 atom stereocenters. The van der Waals surface area contributed by atoms with Crippen LogP contribution in [-0.2, 0) is 4.74 Å². The zero-order chi connectivity index (χ0) is 15.5. The first-order chi connectivity index (χ1) is 10.6. The van der Waals surface area contributed by atoms with E-state index in [1.807, 2.05) is 14.1 Å². The molecule has 0 radical (unpaired) electrons. The van der Waals surface area contributed by atoms with E-state index in [4.69, 9.17) is 10.5 Å². The van der Waals surface area contributed by atoms with Crippen molar-refractivity contribution in [3.05, 3.63) is 29.8 Å². The smallest absolute Gasteiger partial charge is 0.217 e. The molecule has 2 aromatic rings. The van der Waals surface area contributed by atoms with Gasteiger partial charge in [0, 0.05) is 31.1 Å². The SMILES string of the molecule is CN(C)c1ccc([C@@H]2[NH2+]C[C@@H](CSc3nnc(N)s3)O2)cc1. The fourth-order valence-corrected chi connectivity index (χ4v) is 4.00. The van der Waals surface area contributed by atoms with Crippen LogP contribution in [0.15, 0.2) is 28.6 Å². The van der Waals surface area contributed by atoms with Crippen LogP contribution in [0, 0.1) is 0 Å². The summed E-state index contributed by atoms with van der Waals surface area (Å²) in [7, 11) is 4.08. The quantitative estimate of drug-likeness (QED) is 0.790. The van der Waals surface area contributed by atoms with Crippen LogP contribution in [0.5, 0.6) is 0 Å². The average Bonchev–Trinajstić information content (AvgIpc) is 3.14. The van der Waals surface area contributed by atoms with Gasteiger partial charge in [0.05, 0.1) is 0 Å². The van der Waals surface area contributed by atoms with Crippen LogP contribution in [0.2, 0.25) is 0 Å². The van der Waals surface area contributed by atoms with Crippen LogP contribution in [0.1, 0.15) is 11.8 Å².